The lowest BCUT2D eigenvalue weighted by Gasteiger charge is -2.12. The van der Waals surface area contributed by atoms with Crippen LogP contribution in [0, 0.1) is 11.6 Å². The van der Waals surface area contributed by atoms with Crippen LogP contribution in [0.5, 0.6) is 0 Å². The second-order valence-electron chi connectivity index (χ2n) is 4.61. The number of hydrogen-bond acceptors (Lipinski definition) is 2. The molecule has 2 N–H and O–H groups in total. The molecule has 0 aromatic heterocycles. The Kier molecular flexibility index (Phi) is 12.6. The van der Waals surface area contributed by atoms with E-state index in [1.54, 1.807) is 7.05 Å². The van der Waals surface area contributed by atoms with E-state index >= 15 is 0 Å². The molecule has 22 heavy (non-hydrogen) atoms. The summed E-state index contributed by atoms with van der Waals surface area (Å²) in [7, 11) is 1.70. The second-order valence-corrected chi connectivity index (χ2v) is 5.60. The zero-order valence-corrected chi connectivity index (χ0v) is 16.1. The number of halogens is 3. The number of aliphatic imine (C=N–C) groups is 1. The molecule has 1 aromatic rings. The Labute approximate surface area is 152 Å². The molecule has 0 bridgehead atoms. The predicted octanol–water partition coefficient (Wildman–Crippen LogP) is 3.43. The maximum atomic E-state index is 13.5. The molecule has 0 aliphatic rings. The van der Waals surface area contributed by atoms with Crippen molar-refractivity contribution in [2.24, 2.45) is 4.99 Å². The Morgan fingerprint density at radius 3 is 2.55 bits per heavy atom. The van der Waals surface area contributed by atoms with Crippen LogP contribution in [-0.2, 0) is 6.42 Å². The average molecular weight is 443 g/mol. The molecular weight excluding hydrogens is 419 g/mol. The van der Waals surface area contributed by atoms with Gasteiger partial charge < -0.3 is 10.6 Å². The van der Waals surface area contributed by atoms with E-state index in [4.69, 9.17) is 0 Å². The van der Waals surface area contributed by atoms with E-state index in [1.807, 2.05) is 11.8 Å². The number of benzene rings is 1. The number of hydrogen-bond donors (Lipinski definition) is 2. The zero-order chi connectivity index (χ0) is 15.5. The zero-order valence-electron chi connectivity index (χ0n) is 13.0. The van der Waals surface area contributed by atoms with Crippen LogP contribution in [0.4, 0.5) is 8.78 Å². The van der Waals surface area contributed by atoms with Crippen LogP contribution in [0.2, 0.25) is 0 Å². The van der Waals surface area contributed by atoms with E-state index in [2.05, 4.69) is 21.9 Å². The highest BCUT2D eigenvalue weighted by Crippen LogP contribution is 2.09. The highest BCUT2D eigenvalue weighted by molar-refractivity contribution is 14.0. The molecule has 0 atom stereocenters. The quantitative estimate of drug-likeness (QED) is 0.280. The van der Waals surface area contributed by atoms with Crippen molar-refractivity contribution in [2.45, 2.75) is 19.3 Å². The van der Waals surface area contributed by atoms with Gasteiger partial charge in [-0.1, -0.05) is 6.07 Å². The smallest absolute Gasteiger partial charge is 0.190 e. The van der Waals surface area contributed by atoms with Crippen molar-refractivity contribution in [1.82, 2.24) is 10.6 Å². The Morgan fingerprint density at radius 2 is 1.91 bits per heavy atom. The Morgan fingerprint density at radius 1 is 1.18 bits per heavy atom. The number of thioether (sulfide) groups is 1. The fourth-order valence-electron chi connectivity index (χ4n) is 1.84. The average Bonchev–Trinajstić information content (AvgIpc) is 2.47. The Balaban J connectivity index is 0.00000441. The first kappa shape index (κ1) is 21.4. The number of nitrogens with zero attached hydrogens (tertiary/aromatic N) is 1. The van der Waals surface area contributed by atoms with Gasteiger partial charge in [0.05, 0.1) is 0 Å². The van der Waals surface area contributed by atoms with E-state index < -0.39 is 11.6 Å². The number of unbranched alkanes of at least 4 members (excludes halogenated alkanes) is 1. The minimum absolute atomic E-state index is 0. The molecule has 0 aliphatic carbocycles. The van der Waals surface area contributed by atoms with Crippen LogP contribution in [0.1, 0.15) is 18.4 Å². The molecule has 0 heterocycles. The molecule has 1 rings (SSSR count). The maximum Gasteiger partial charge on any atom is 0.190 e. The highest BCUT2D eigenvalue weighted by Gasteiger charge is 2.04. The van der Waals surface area contributed by atoms with E-state index in [0.29, 0.717) is 24.5 Å². The predicted molar refractivity (Wildman–Crippen MR) is 102 cm³/mol. The van der Waals surface area contributed by atoms with Gasteiger partial charge in [-0.15, -0.1) is 24.0 Å². The van der Waals surface area contributed by atoms with E-state index in [9.17, 15) is 8.78 Å². The summed E-state index contributed by atoms with van der Waals surface area (Å²) < 4.78 is 26.3. The number of guanidine groups is 1. The normalized spacial score (nSPS) is 11.0. The third-order valence-electron chi connectivity index (χ3n) is 2.99. The molecule has 0 saturated carbocycles. The topological polar surface area (TPSA) is 36.4 Å². The molecule has 126 valence electrons. The summed E-state index contributed by atoms with van der Waals surface area (Å²) in [5, 5.41) is 6.34. The summed E-state index contributed by atoms with van der Waals surface area (Å²) in [6.45, 7) is 1.41. The summed E-state index contributed by atoms with van der Waals surface area (Å²) in [6.07, 6.45) is 4.85. The molecule has 0 unspecified atom stereocenters. The van der Waals surface area contributed by atoms with Crippen LogP contribution < -0.4 is 10.6 Å². The van der Waals surface area contributed by atoms with Crippen molar-refractivity contribution in [3.05, 3.63) is 35.4 Å². The Bertz CT molecular complexity index is 458. The summed E-state index contributed by atoms with van der Waals surface area (Å²) in [4.78, 5) is 4.11. The lowest BCUT2D eigenvalue weighted by atomic mass is 10.1. The molecule has 3 nitrogen and oxygen atoms in total. The molecular formula is C15H24F2IN3S. The first-order valence-electron chi connectivity index (χ1n) is 7.04. The molecule has 7 heteroatoms. The maximum absolute atomic E-state index is 13.5. The largest absolute Gasteiger partial charge is 0.356 e. The fraction of sp³-hybridized carbons (Fsp3) is 0.533. The van der Waals surface area contributed by atoms with Gasteiger partial charge in [0.2, 0.25) is 0 Å². The van der Waals surface area contributed by atoms with E-state index in [-0.39, 0.29) is 24.0 Å². The third-order valence-corrected chi connectivity index (χ3v) is 3.69. The fourth-order valence-corrected chi connectivity index (χ4v) is 2.33. The summed E-state index contributed by atoms with van der Waals surface area (Å²) >= 11 is 1.84. The summed E-state index contributed by atoms with van der Waals surface area (Å²) in [6, 6.07) is 3.66. The molecule has 0 radical (unpaired) electrons. The van der Waals surface area contributed by atoms with Crippen LogP contribution >= 0.6 is 35.7 Å². The van der Waals surface area contributed by atoms with Crippen LogP contribution in [0.25, 0.3) is 0 Å². The molecule has 0 saturated heterocycles. The van der Waals surface area contributed by atoms with Gasteiger partial charge in [0.1, 0.15) is 11.6 Å². The summed E-state index contributed by atoms with van der Waals surface area (Å²) in [5.74, 6) is 0.822. The molecule has 0 fully saturated rings. The van der Waals surface area contributed by atoms with Crippen molar-refractivity contribution < 1.29 is 8.78 Å². The van der Waals surface area contributed by atoms with Crippen molar-refractivity contribution in [3.63, 3.8) is 0 Å². The molecule has 0 amide bonds. The van der Waals surface area contributed by atoms with Crippen molar-refractivity contribution in [3.8, 4) is 0 Å². The molecule has 0 aliphatic heterocycles. The number of rotatable bonds is 8. The van der Waals surface area contributed by atoms with Crippen LogP contribution in [0.15, 0.2) is 23.2 Å². The minimum Gasteiger partial charge on any atom is -0.356 e. The molecule has 1 aromatic carbocycles. The number of nitrogens with one attached hydrogen (secondary N) is 2. The van der Waals surface area contributed by atoms with Gasteiger partial charge in [0, 0.05) is 26.2 Å². The van der Waals surface area contributed by atoms with Gasteiger partial charge >= 0.3 is 0 Å². The Hall–Kier alpha value is -0.570. The van der Waals surface area contributed by atoms with Crippen molar-refractivity contribution in [1.29, 1.82) is 0 Å². The van der Waals surface area contributed by atoms with Crippen molar-refractivity contribution in [2.75, 3.05) is 32.1 Å². The lowest BCUT2D eigenvalue weighted by molar-refractivity contribution is 0.570. The van der Waals surface area contributed by atoms with Crippen molar-refractivity contribution >= 4 is 41.7 Å². The van der Waals surface area contributed by atoms with Crippen LogP contribution in [-0.4, -0.2) is 38.1 Å². The second kappa shape index (κ2) is 12.9. The van der Waals surface area contributed by atoms with Gasteiger partial charge in [0.15, 0.2) is 5.96 Å². The van der Waals surface area contributed by atoms with E-state index in [1.165, 1.54) is 18.6 Å². The van der Waals surface area contributed by atoms with Gasteiger partial charge in [0.25, 0.3) is 0 Å². The standard InChI is InChI=1S/C15H23F2N3S.HI/c1-18-15(19-8-3-4-10-21-2)20-9-7-12-5-6-13(16)11-14(12)17;/h5-6,11H,3-4,7-10H2,1-2H3,(H2,18,19,20);1H. The van der Waals surface area contributed by atoms with E-state index in [0.717, 1.165) is 24.8 Å². The van der Waals surface area contributed by atoms with Gasteiger partial charge in [-0.3, -0.25) is 4.99 Å². The van der Waals surface area contributed by atoms with Gasteiger partial charge in [-0.05, 0) is 42.9 Å². The lowest BCUT2D eigenvalue weighted by Crippen LogP contribution is -2.38. The van der Waals surface area contributed by atoms with Gasteiger partial charge in [-0.25, -0.2) is 8.78 Å². The minimum atomic E-state index is -0.549. The summed E-state index contributed by atoms with van der Waals surface area (Å²) in [5.41, 5.74) is 0.499. The SMILES string of the molecule is CN=C(NCCCCSC)NCCc1ccc(F)cc1F.I. The highest BCUT2D eigenvalue weighted by atomic mass is 127. The third kappa shape index (κ3) is 8.77. The van der Waals surface area contributed by atoms with Crippen LogP contribution in [0.3, 0.4) is 0 Å². The first-order chi connectivity index (χ1) is 10.2. The van der Waals surface area contributed by atoms with Gasteiger partial charge in [-0.2, -0.15) is 11.8 Å². The molecule has 0 spiro atoms. The first-order valence-corrected chi connectivity index (χ1v) is 8.44. The monoisotopic (exact) mass is 443 g/mol.